The first-order chi connectivity index (χ1) is 12.0. The monoisotopic (exact) mass is 338 g/mol. The molecular weight excluding hydrogens is 319 g/mol. The molecular formula is C20H19FN2O2. The highest BCUT2D eigenvalue weighted by Gasteiger charge is 2.11. The summed E-state index contributed by atoms with van der Waals surface area (Å²) in [7, 11) is 0. The van der Waals surface area contributed by atoms with Crippen molar-refractivity contribution in [1.29, 1.82) is 0 Å². The third-order valence-electron chi connectivity index (χ3n) is 4.26. The Morgan fingerprint density at radius 1 is 1.20 bits per heavy atom. The van der Waals surface area contributed by atoms with Gasteiger partial charge in [-0.25, -0.2) is 4.39 Å². The molecule has 128 valence electrons. The summed E-state index contributed by atoms with van der Waals surface area (Å²) in [6.07, 6.45) is 2.37. The molecule has 0 spiro atoms. The Morgan fingerprint density at radius 3 is 2.76 bits per heavy atom. The number of nitrogens with one attached hydrogen (secondary N) is 1. The minimum absolute atomic E-state index is 0.0416. The fourth-order valence-corrected chi connectivity index (χ4v) is 2.96. The van der Waals surface area contributed by atoms with Crippen molar-refractivity contribution in [2.45, 2.75) is 26.8 Å². The molecule has 0 aliphatic rings. The molecule has 3 aromatic rings. The predicted octanol–water partition coefficient (Wildman–Crippen LogP) is 3.65. The number of anilines is 1. The van der Waals surface area contributed by atoms with E-state index in [0.29, 0.717) is 5.52 Å². The average molecular weight is 338 g/mol. The third kappa shape index (κ3) is 3.45. The van der Waals surface area contributed by atoms with E-state index >= 15 is 0 Å². The summed E-state index contributed by atoms with van der Waals surface area (Å²) in [6, 6.07) is 11.3. The van der Waals surface area contributed by atoms with Gasteiger partial charge in [-0.05, 0) is 42.7 Å². The highest BCUT2D eigenvalue weighted by Crippen LogP contribution is 2.21. The number of halogens is 1. The van der Waals surface area contributed by atoms with Gasteiger partial charge in [-0.2, -0.15) is 0 Å². The van der Waals surface area contributed by atoms with Crippen LogP contribution in [0, 0.1) is 12.7 Å². The van der Waals surface area contributed by atoms with Gasteiger partial charge in [0.15, 0.2) is 5.43 Å². The zero-order valence-corrected chi connectivity index (χ0v) is 14.2. The van der Waals surface area contributed by atoms with E-state index in [1.807, 2.05) is 32.0 Å². The molecule has 0 atom stereocenters. The van der Waals surface area contributed by atoms with Gasteiger partial charge < -0.3 is 9.88 Å². The maximum absolute atomic E-state index is 13.4. The predicted molar refractivity (Wildman–Crippen MR) is 97.4 cm³/mol. The summed E-state index contributed by atoms with van der Waals surface area (Å²) in [5, 5.41) is 3.22. The zero-order valence-electron chi connectivity index (χ0n) is 14.2. The normalized spacial score (nSPS) is 10.8. The van der Waals surface area contributed by atoms with Crippen LogP contribution in [0.25, 0.3) is 10.9 Å². The summed E-state index contributed by atoms with van der Waals surface area (Å²) >= 11 is 0. The van der Waals surface area contributed by atoms with Gasteiger partial charge in [-0.3, -0.25) is 9.59 Å². The van der Waals surface area contributed by atoms with Crippen molar-refractivity contribution in [3.8, 4) is 0 Å². The van der Waals surface area contributed by atoms with Crippen LogP contribution in [-0.4, -0.2) is 10.5 Å². The molecule has 1 N–H and O–H groups in total. The molecule has 1 heterocycles. The Bertz CT molecular complexity index is 1010. The summed E-state index contributed by atoms with van der Waals surface area (Å²) in [4.78, 5) is 24.4. The lowest BCUT2D eigenvalue weighted by molar-refractivity contribution is -0.116. The maximum atomic E-state index is 13.4. The molecule has 0 aliphatic heterocycles. The Kier molecular flexibility index (Phi) is 4.65. The molecule has 1 amide bonds. The van der Waals surface area contributed by atoms with Gasteiger partial charge >= 0.3 is 0 Å². The van der Waals surface area contributed by atoms with E-state index in [-0.39, 0.29) is 23.3 Å². The molecule has 0 saturated carbocycles. The van der Waals surface area contributed by atoms with Crippen molar-refractivity contribution in [1.82, 2.24) is 4.57 Å². The molecule has 4 nitrogen and oxygen atoms in total. The van der Waals surface area contributed by atoms with Crippen molar-refractivity contribution >= 4 is 22.5 Å². The summed E-state index contributed by atoms with van der Waals surface area (Å²) in [5.74, 6) is -0.669. The van der Waals surface area contributed by atoms with E-state index in [1.54, 1.807) is 10.8 Å². The van der Waals surface area contributed by atoms with Crippen LogP contribution in [0.4, 0.5) is 10.1 Å². The molecule has 3 rings (SSSR count). The SMILES string of the molecule is CCc1cccc(C)c1NC(=O)Cn1ccc(=O)c2cc(F)ccc21. The van der Waals surface area contributed by atoms with Gasteiger partial charge in [0, 0.05) is 23.3 Å². The lowest BCUT2D eigenvalue weighted by atomic mass is 10.1. The largest absolute Gasteiger partial charge is 0.338 e. The fourth-order valence-electron chi connectivity index (χ4n) is 2.96. The molecule has 0 saturated heterocycles. The van der Waals surface area contributed by atoms with Crippen molar-refractivity contribution in [3.05, 3.63) is 75.8 Å². The maximum Gasteiger partial charge on any atom is 0.244 e. The van der Waals surface area contributed by atoms with E-state index in [0.717, 1.165) is 23.2 Å². The summed E-state index contributed by atoms with van der Waals surface area (Å²) in [6.45, 7) is 4.03. The number of rotatable bonds is 4. The number of nitrogens with zero attached hydrogens (tertiary/aromatic N) is 1. The number of carbonyl (C=O) groups is 1. The Morgan fingerprint density at radius 2 is 2.00 bits per heavy atom. The Balaban J connectivity index is 1.91. The van der Waals surface area contributed by atoms with Crippen LogP contribution >= 0.6 is 0 Å². The van der Waals surface area contributed by atoms with Gasteiger partial charge in [0.2, 0.25) is 5.91 Å². The Hall–Kier alpha value is -2.95. The van der Waals surface area contributed by atoms with Crippen LogP contribution < -0.4 is 10.7 Å². The number of amides is 1. The number of hydrogen-bond acceptors (Lipinski definition) is 2. The molecule has 2 aromatic carbocycles. The van der Waals surface area contributed by atoms with Crippen LogP contribution in [0.5, 0.6) is 0 Å². The van der Waals surface area contributed by atoms with Crippen LogP contribution in [-0.2, 0) is 17.8 Å². The van der Waals surface area contributed by atoms with Gasteiger partial charge in [0.25, 0.3) is 0 Å². The minimum Gasteiger partial charge on any atom is -0.338 e. The molecule has 0 unspecified atom stereocenters. The minimum atomic E-state index is -0.473. The highest BCUT2D eigenvalue weighted by molar-refractivity contribution is 5.93. The summed E-state index contributed by atoms with van der Waals surface area (Å²) in [5.41, 5.74) is 3.16. The second-order valence-corrected chi connectivity index (χ2v) is 5.98. The lowest BCUT2D eigenvalue weighted by Crippen LogP contribution is -2.21. The van der Waals surface area contributed by atoms with Crippen molar-refractivity contribution in [2.24, 2.45) is 0 Å². The number of benzene rings is 2. The van der Waals surface area contributed by atoms with Gasteiger partial charge in [-0.15, -0.1) is 0 Å². The number of para-hydroxylation sites is 1. The van der Waals surface area contributed by atoms with Gasteiger partial charge in [-0.1, -0.05) is 25.1 Å². The number of pyridine rings is 1. The van der Waals surface area contributed by atoms with Crippen molar-refractivity contribution in [2.75, 3.05) is 5.32 Å². The van der Waals surface area contributed by atoms with Crippen LogP contribution in [0.1, 0.15) is 18.1 Å². The number of aromatic nitrogens is 1. The van der Waals surface area contributed by atoms with Crippen molar-refractivity contribution in [3.63, 3.8) is 0 Å². The van der Waals surface area contributed by atoms with Gasteiger partial charge in [0.05, 0.1) is 5.52 Å². The first-order valence-electron chi connectivity index (χ1n) is 8.16. The summed E-state index contributed by atoms with van der Waals surface area (Å²) < 4.78 is 15.0. The van der Waals surface area contributed by atoms with E-state index in [4.69, 9.17) is 0 Å². The number of carbonyl (C=O) groups excluding carboxylic acids is 1. The van der Waals surface area contributed by atoms with E-state index in [9.17, 15) is 14.0 Å². The molecule has 1 aromatic heterocycles. The van der Waals surface area contributed by atoms with Crippen molar-refractivity contribution < 1.29 is 9.18 Å². The van der Waals surface area contributed by atoms with E-state index < -0.39 is 5.82 Å². The molecule has 0 aliphatic carbocycles. The smallest absolute Gasteiger partial charge is 0.244 e. The highest BCUT2D eigenvalue weighted by atomic mass is 19.1. The topological polar surface area (TPSA) is 51.1 Å². The Labute approximate surface area is 144 Å². The average Bonchev–Trinajstić information content (AvgIpc) is 2.59. The molecule has 0 bridgehead atoms. The second-order valence-electron chi connectivity index (χ2n) is 5.98. The molecule has 25 heavy (non-hydrogen) atoms. The van der Waals surface area contributed by atoms with Crippen LogP contribution in [0.3, 0.4) is 0 Å². The van der Waals surface area contributed by atoms with Crippen LogP contribution in [0.2, 0.25) is 0 Å². The number of fused-ring (bicyclic) bond motifs is 1. The van der Waals surface area contributed by atoms with Crippen LogP contribution in [0.15, 0.2) is 53.5 Å². The van der Waals surface area contributed by atoms with E-state index in [2.05, 4.69) is 5.32 Å². The number of hydrogen-bond donors (Lipinski definition) is 1. The first kappa shape index (κ1) is 16.9. The zero-order chi connectivity index (χ0) is 18.0. The standard InChI is InChI=1S/C20H19FN2O2/c1-3-14-6-4-5-13(2)20(14)22-19(25)12-23-10-9-18(24)16-11-15(21)7-8-17(16)23/h4-11H,3,12H2,1-2H3,(H,22,25). The molecule has 0 radical (unpaired) electrons. The molecule has 0 fully saturated rings. The van der Waals surface area contributed by atoms with Gasteiger partial charge in [0.1, 0.15) is 12.4 Å². The second kappa shape index (κ2) is 6.89. The van der Waals surface area contributed by atoms with E-state index in [1.165, 1.54) is 24.3 Å². The number of aryl methyl sites for hydroxylation is 2. The lowest BCUT2D eigenvalue weighted by Gasteiger charge is -2.15. The quantitative estimate of drug-likeness (QED) is 0.789. The first-order valence-corrected chi connectivity index (χ1v) is 8.16. The fraction of sp³-hybridized carbons (Fsp3) is 0.200. The third-order valence-corrected chi connectivity index (χ3v) is 4.26. The molecule has 5 heteroatoms.